The van der Waals surface area contributed by atoms with Crippen molar-refractivity contribution in [3.05, 3.63) is 53.2 Å². The van der Waals surface area contributed by atoms with E-state index in [9.17, 15) is 4.79 Å². The second-order valence-corrected chi connectivity index (χ2v) is 3.89. The third-order valence-electron chi connectivity index (χ3n) is 2.70. The molecule has 0 saturated heterocycles. The molecule has 2 heterocycles. The SMILES string of the molecule is Nc1cc(-c2ccc(-n3cc[nH]c3=O)cc2)[nH]n1. The number of nitrogens with two attached hydrogens (primary N) is 1. The summed E-state index contributed by atoms with van der Waals surface area (Å²) in [6, 6.07) is 9.30. The van der Waals surface area contributed by atoms with Crippen molar-refractivity contribution in [2.24, 2.45) is 0 Å². The Morgan fingerprint density at radius 3 is 2.56 bits per heavy atom. The van der Waals surface area contributed by atoms with Gasteiger partial charge in [0.1, 0.15) is 5.82 Å². The van der Waals surface area contributed by atoms with Gasteiger partial charge in [-0.15, -0.1) is 0 Å². The summed E-state index contributed by atoms with van der Waals surface area (Å²) in [6.07, 6.45) is 3.29. The Morgan fingerprint density at radius 1 is 1.22 bits per heavy atom. The van der Waals surface area contributed by atoms with E-state index in [1.165, 1.54) is 4.57 Å². The highest BCUT2D eigenvalue weighted by molar-refractivity contribution is 5.63. The second-order valence-electron chi connectivity index (χ2n) is 3.89. The van der Waals surface area contributed by atoms with Gasteiger partial charge >= 0.3 is 5.69 Å². The molecular formula is C12H11N5O. The lowest BCUT2D eigenvalue weighted by atomic mass is 10.1. The average Bonchev–Trinajstić information content (AvgIpc) is 2.98. The van der Waals surface area contributed by atoms with Crippen molar-refractivity contribution in [1.29, 1.82) is 0 Å². The zero-order valence-electron chi connectivity index (χ0n) is 9.42. The minimum absolute atomic E-state index is 0.159. The molecule has 90 valence electrons. The standard InChI is InChI=1S/C12H11N5O/c13-11-7-10(15-16-11)8-1-3-9(4-2-8)17-6-5-14-12(17)18/h1-7H,(H,14,18)(H3,13,15,16). The highest BCUT2D eigenvalue weighted by Gasteiger charge is 2.03. The fraction of sp³-hybridized carbons (Fsp3) is 0. The molecule has 0 unspecified atom stereocenters. The Hall–Kier alpha value is -2.76. The molecule has 0 saturated carbocycles. The topological polar surface area (TPSA) is 92.5 Å². The fourth-order valence-electron chi connectivity index (χ4n) is 1.81. The maximum absolute atomic E-state index is 11.5. The Bertz CT molecular complexity index is 719. The van der Waals surface area contributed by atoms with Crippen molar-refractivity contribution in [3.8, 4) is 16.9 Å². The summed E-state index contributed by atoms with van der Waals surface area (Å²) < 4.78 is 1.53. The number of aromatic nitrogens is 4. The molecule has 0 radical (unpaired) electrons. The molecule has 0 amide bonds. The molecule has 3 rings (SSSR count). The summed E-state index contributed by atoms with van der Waals surface area (Å²) in [5.74, 6) is 0.455. The van der Waals surface area contributed by atoms with Crippen LogP contribution in [-0.2, 0) is 0 Å². The number of nitrogen functional groups attached to an aromatic ring is 1. The normalized spacial score (nSPS) is 10.7. The van der Waals surface area contributed by atoms with E-state index >= 15 is 0 Å². The molecule has 18 heavy (non-hydrogen) atoms. The number of hydrogen-bond acceptors (Lipinski definition) is 3. The summed E-state index contributed by atoms with van der Waals surface area (Å²) in [7, 11) is 0. The van der Waals surface area contributed by atoms with E-state index in [0.717, 1.165) is 16.9 Å². The van der Waals surface area contributed by atoms with Crippen LogP contribution in [0, 0.1) is 0 Å². The van der Waals surface area contributed by atoms with Crippen molar-refractivity contribution in [2.75, 3.05) is 5.73 Å². The van der Waals surface area contributed by atoms with Crippen molar-refractivity contribution in [1.82, 2.24) is 19.7 Å². The smallest absolute Gasteiger partial charge is 0.330 e. The maximum atomic E-state index is 11.5. The van der Waals surface area contributed by atoms with Gasteiger partial charge in [0.25, 0.3) is 0 Å². The Labute approximate surface area is 102 Å². The lowest BCUT2D eigenvalue weighted by molar-refractivity contribution is 0.987. The third-order valence-corrected chi connectivity index (χ3v) is 2.70. The minimum Gasteiger partial charge on any atom is -0.382 e. The fourth-order valence-corrected chi connectivity index (χ4v) is 1.81. The number of benzene rings is 1. The molecule has 0 spiro atoms. The van der Waals surface area contributed by atoms with Crippen LogP contribution in [0.3, 0.4) is 0 Å². The first-order valence-electron chi connectivity index (χ1n) is 5.42. The molecule has 0 bridgehead atoms. The van der Waals surface area contributed by atoms with Crippen LogP contribution in [0.4, 0.5) is 5.82 Å². The summed E-state index contributed by atoms with van der Waals surface area (Å²) in [6.45, 7) is 0. The molecule has 6 nitrogen and oxygen atoms in total. The molecule has 3 aromatic rings. The van der Waals surface area contributed by atoms with Crippen LogP contribution in [0.15, 0.2) is 47.5 Å². The van der Waals surface area contributed by atoms with Gasteiger partial charge in [0.05, 0.1) is 11.4 Å². The Morgan fingerprint density at radius 2 is 2.00 bits per heavy atom. The number of nitrogens with one attached hydrogen (secondary N) is 2. The molecule has 0 aliphatic carbocycles. The highest BCUT2D eigenvalue weighted by Crippen LogP contribution is 2.19. The molecule has 0 aliphatic heterocycles. The van der Waals surface area contributed by atoms with Gasteiger partial charge in [-0.25, -0.2) is 4.79 Å². The predicted octanol–water partition coefficient (Wildman–Crippen LogP) is 1.14. The number of anilines is 1. The summed E-state index contributed by atoms with van der Waals surface area (Å²) in [5.41, 5.74) is 8.01. The van der Waals surface area contributed by atoms with Crippen LogP contribution >= 0.6 is 0 Å². The van der Waals surface area contributed by atoms with Crippen LogP contribution in [0.25, 0.3) is 16.9 Å². The van der Waals surface area contributed by atoms with Crippen LogP contribution < -0.4 is 11.4 Å². The van der Waals surface area contributed by atoms with Gasteiger partial charge in [-0.2, -0.15) is 5.10 Å². The molecule has 6 heteroatoms. The van der Waals surface area contributed by atoms with Crippen molar-refractivity contribution in [2.45, 2.75) is 0 Å². The van der Waals surface area contributed by atoms with Gasteiger partial charge in [0.2, 0.25) is 0 Å². The second kappa shape index (κ2) is 3.92. The zero-order chi connectivity index (χ0) is 12.5. The van der Waals surface area contributed by atoms with Gasteiger partial charge in [-0.1, -0.05) is 12.1 Å². The van der Waals surface area contributed by atoms with Crippen LogP contribution in [-0.4, -0.2) is 19.7 Å². The van der Waals surface area contributed by atoms with E-state index in [4.69, 9.17) is 5.73 Å². The number of nitrogens with zero attached hydrogens (tertiary/aromatic N) is 2. The molecule has 2 aromatic heterocycles. The Balaban J connectivity index is 1.99. The molecule has 0 aliphatic rings. The van der Waals surface area contributed by atoms with E-state index in [1.54, 1.807) is 18.5 Å². The zero-order valence-corrected chi connectivity index (χ0v) is 9.42. The lowest BCUT2D eigenvalue weighted by Crippen LogP contribution is -2.13. The minimum atomic E-state index is -0.159. The first kappa shape index (κ1) is 10.4. The first-order chi connectivity index (χ1) is 8.74. The molecule has 0 atom stereocenters. The lowest BCUT2D eigenvalue weighted by Gasteiger charge is -2.02. The largest absolute Gasteiger partial charge is 0.382 e. The predicted molar refractivity (Wildman–Crippen MR) is 68.4 cm³/mol. The summed E-state index contributed by atoms with van der Waals surface area (Å²) in [5, 5.41) is 6.71. The van der Waals surface area contributed by atoms with Crippen LogP contribution in [0.1, 0.15) is 0 Å². The number of aromatic amines is 2. The number of H-pyrrole nitrogens is 2. The number of rotatable bonds is 2. The van der Waals surface area contributed by atoms with Gasteiger partial charge in [0, 0.05) is 18.5 Å². The summed E-state index contributed by atoms with van der Waals surface area (Å²) in [4.78, 5) is 14.0. The van der Waals surface area contributed by atoms with E-state index in [-0.39, 0.29) is 5.69 Å². The third kappa shape index (κ3) is 1.69. The molecular weight excluding hydrogens is 230 g/mol. The van der Waals surface area contributed by atoms with Gasteiger partial charge in [-0.3, -0.25) is 9.67 Å². The van der Waals surface area contributed by atoms with E-state index in [1.807, 2.05) is 24.3 Å². The van der Waals surface area contributed by atoms with E-state index in [2.05, 4.69) is 15.2 Å². The quantitative estimate of drug-likeness (QED) is 0.628. The molecule has 1 aromatic carbocycles. The van der Waals surface area contributed by atoms with Crippen molar-refractivity contribution < 1.29 is 0 Å². The number of hydrogen-bond donors (Lipinski definition) is 3. The Kier molecular flexibility index (Phi) is 2.26. The number of imidazole rings is 1. The average molecular weight is 241 g/mol. The van der Waals surface area contributed by atoms with Gasteiger partial charge in [0.15, 0.2) is 0 Å². The van der Waals surface area contributed by atoms with E-state index < -0.39 is 0 Å². The van der Waals surface area contributed by atoms with E-state index in [0.29, 0.717) is 5.82 Å². The maximum Gasteiger partial charge on any atom is 0.330 e. The van der Waals surface area contributed by atoms with Gasteiger partial charge < -0.3 is 10.7 Å². The van der Waals surface area contributed by atoms with Crippen molar-refractivity contribution >= 4 is 5.82 Å². The molecule has 4 N–H and O–H groups in total. The highest BCUT2D eigenvalue weighted by atomic mass is 16.1. The van der Waals surface area contributed by atoms with Crippen molar-refractivity contribution in [3.63, 3.8) is 0 Å². The first-order valence-corrected chi connectivity index (χ1v) is 5.42. The van der Waals surface area contributed by atoms with Crippen LogP contribution in [0.5, 0.6) is 0 Å². The monoisotopic (exact) mass is 241 g/mol. The van der Waals surface area contributed by atoms with Crippen LogP contribution in [0.2, 0.25) is 0 Å². The summed E-state index contributed by atoms with van der Waals surface area (Å²) >= 11 is 0. The molecule has 0 fully saturated rings. The van der Waals surface area contributed by atoms with Gasteiger partial charge in [-0.05, 0) is 17.7 Å².